The van der Waals surface area contributed by atoms with Gasteiger partial charge in [0.15, 0.2) is 6.10 Å². The molecule has 2 aromatic carbocycles. The van der Waals surface area contributed by atoms with Crippen LogP contribution in [0.4, 0.5) is 18.9 Å². The number of carbonyl (C=O) groups is 2. The second kappa shape index (κ2) is 8.57. The van der Waals surface area contributed by atoms with Gasteiger partial charge in [0.2, 0.25) is 0 Å². The maximum Gasteiger partial charge on any atom is 0.387 e. The van der Waals surface area contributed by atoms with E-state index in [-0.39, 0.29) is 22.0 Å². The molecule has 0 radical (unpaired) electrons. The third kappa shape index (κ3) is 5.38. The minimum absolute atomic E-state index is 0.0857. The number of ether oxygens (including phenoxy) is 2. The number of amides is 1. The summed E-state index contributed by atoms with van der Waals surface area (Å²) in [5.41, 5.74) is 0.286. The van der Waals surface area contributed by atoms with E-state index in [4.69, 9.17) is 16.3 Å². The molecular weight excluding hydrogens is 375 g/mol. The molecule has 1 amide bonds. The summed E-state index contributed by atoms with van der Waals surface area (Å²) in [6, 6.07) is 8.31. The van der Waals surface area contributed by atoms with Crippen LogP contribution in [0.25, 0.3) is 0 Å². The number of benzene rings is 2. The largest absolute Gasteiger partial charge is 0.449 e. The molecule has 5 nitrogen and oxygen atoms in total. The van der Waals surface area contributed by atoms with E-state index in [9.17, 15) is 22.8 Å². The highest BCUT2D eigenvalue weighted by molar-refractivity contribution is 6.32. The van der Waals surface area contributed by atoms with E-state index in [1.54, 1.807) is 0 Å². The molecule has 1 N–H and O–H groups in total. The molecule has 9 heteroatoms. The third-order valence-corrected chi connectivity index (χ3v) is 3.44. The van der Waals surface area contributed by atoms with Crippen LogP contribution in [0.5, 0.6) is 5.75 Å². The summed E-state index contributed by atoms with van der Waals surface area (Å²) in [6.07, 6.45) is -1.16. The minimum Gasteiger partial charge on any atom is -0.449 e. The summed E-state index contributed by atoms with van der Waals surface area (Å²) < 4.78 is 46.4. The molecule has 2 aromatic rings. The van der Waals surface area contributed by atoms with Gasteiger partial charge in [0.05, 0.1) is 10.6 Å². The molecule has 1 atom stereocenters. The lowest BCUT2D eigenvalue weighted by molar-refractivity contribution is -0.123. The number of rotatable bonds is 6. The predicted octanol–water partition coefficient (Wildman–Crippen LogP) is 4.26. The Kier molecular flexibility index (Phi) is 6.46. The Labute approximate surface area is 151 Å². The normalized spacial score (nSPS) is 11.8. The van der Waals surface area contributed by atoms with E-state index >= 15 is 0 Å². The maximum atomic E-state index is 12.8. The van der Waals surface area contributed by atoms with Gasteiger partial charge in [0, 0.05) is 5.69 Å². The second-order valence-electron chi connectivity index (χ2n) is 5.07. The molecule has 0 fully saturated rings. The number of hydrogen-bond donors (Lipinski definition) is 1. The van der Waals surface area contributed by atoms with Gasteiger partial charge < -0.3 is 14.8 Å². The molecule has 0 saturated carbocycles. The van der Waals surface area contributed by atoms with Crippen molar-refractivity contribution in [1.82, 2.24) is 0 Å². The fourth-order valence-corrected chi connectivity index (χ4v) is 2.11. The SMILES string of the molecule is CC(OC(=O)c1ccc(F)cc1)C(=O)Nc1ccc(OC(F)F)c(Cl)c1. The molecule has 0 bridgehead atoms. The van der Waals surface area contributed by atoms with Crippen LogP contribution in [0.2, 0.25) is 5.02 Å². The summed E-state index contributed by atoms with van der Waals surface area (Å²) in [6.45, 7) is -1.69. The van der Waals surface area contributed by atoms with Crippen LogP contribution >= 0.6 is 11.6 Å². The van der Waals surface area contributed by atoms with Gasteiger partial charge in [-0.3, -0.25) is 4.79 Å². The van der Waals surface area contributed by atoms with Gasteiger partial charge in [-0.1, -0.05) is 11.6 Å². The first-order valence-electron chi connectivity index (χ1n) is 7.28. The van der Waals surface area contributed by atoms with Gasteiger partial charge >= 0.3 is 12.6 Å². The number of anilines is 1. The first-order chi connectivity index (χ1) is 12.3. The monoisotopic (exact) mass is 387 g/mol. The van der Waals surface area contributed by atoms with E-state index in [1.165, 1.54) is 37.3 Å². The molecule has 2 rings (SSSR count). The van der Waals surface area contributed by atoms with Crippen LogP contribution < -0.4 is 10.1 Å². The first kappa shape index (κ1) is 19.6. The quantitative estimate of drug-likeness (QED) is 0.752. The summed E-state index contributed by atoms with van der Waals surface area (Å²) in [4.78, 5) is 24.0. The molecular formula is C17H13ClF3NO4. The van der Waals surface area contributed by atoms with Crippen molar-refractivity contribution in [2.24, 2.45) is 0 Å². The zero-order valence-corrected chi connectivity index (χ0v) is 14.1. The molecule has 0 aromatic heterocycles. The summed E-state index contributed by atoms with van der Waals surface area (Å²) in [5.74, 6) is -2.22. The molecule has 26 heavy (non-hydrogen) atoms. The number of alkyl halides is 2. The molecule has 0 spiro atoms. The average Bonchev–Trinajstić information content (AvgIpc) is 2.57. The lowest BCUT2D eigenvalue weighted by atomic mass is 10.2. The highest BCUT2D eigenvalue weighted by Crippen LogP contribution is 2.29. The number of esters is 1. The molecule has 1 unspecified atom stereocenters. The number of carbonyl (C=O) groups excluding carboxylic acids is 2. The smallest absolute Gasteiger partial charge is 0.387 e. The van der Waals surface area contributed by atoms with E-state index in [0.29, 0.717) is 0 Å². The maximum absolute atomic E-state index is 12.8. The van der Waals surface area contributed by atoms with Gasteiger partial charge in [0.25, 0.3) is 5.91 Å². The van der Waals surface area contributed by atoms with Crippen LogP contribution in [-0.4, -0.2) is 24.6 Å². The van der Waals surface area contributed by atoms with Crippen molar-refractivity contribution < 1.29 is 32.2 Å². The van der Waals surface area contributed by atoms with Crippen molar-refractivity contribution in [3.05, 3.63) is 58.9 Å². The third-order valence-electron chi connectivity index (χ3n) is 3.15. The Morgan fingerprint density at radius 2 is 1.77 bits per heavy atom. The standard InChI is InChI=1S/C17H13ClF3NO4/c1-9(25-16(24)10-2-4-11(19)5-3-10)15(23)22-12-6-7-14(13(18)8-12)26-17(20)21/h2-9,17H,1H3,(H,22,23). The Bertz CT molecular complexity index is 799. The van der Waals surface area contributed by atoms with E-state index in [1.807, 2.05) is 0 Å². The predicted molar refractivity (Wildman–Crippen MR) is 88.0 cm³/mol. The van der Waals surface area contributed by atoms with E-state index < -0.39 is 30.4 Å². The molecule has 0 heterocycles. The van der Waals surface area contributed by atoms with E-state index in [0.717, 1.165) is 12.1 Å². The van der Waals surface area contributed by atoms with Crippen molar-refractivity contribution >= 4 is 29.2 Å². The van der Waals surface area contributed by atoms with Gasteiger partial charge in [-0.15, -0.1) is 0 Å². The lowest BCUT2D eigenvalue weighted by Gasteiger charge is -2.14. The number of nitrogens with one attached hydrogen (secondary N) is 1. The van der Waals surface area contributed by atoms with Crippen molar-refractivity contribution in [2.75, 3.05) is 5.32 Å². The Morgan fingerprint density at radius 3 is 2.35 bits per heavy atom. The van der Waals surface area contributed by atoms with Gasteiger partial charge in [-0.05, 0) is 49.4 Å². The summed E-state index contributed by atoms with van der Waals surface area (Å²) in [5, 5.41) is 2.30. The highest BCUT2D eigenvalue weighted by atomic mass is 35.5. The molecule has 0 saturated heterocycles. The minimum atomic E-state index is -3.03. The van der Waals surface area contributed by atoms with Crippen LogP contribution in [0, 0.1) is 5.82 Å². The van der Waals surface area contributed by atoms with Crippen molar-refractivity contribution in [3.63, 3.8) is 0 Å². The molecule has 0 aliphatic heterocycles. The van der Waals surface area contributed by atoms with Crippen molar-refractivity contribution in [1.29, 1.82) is 0 Å². The fraction of sp³-hybridized carbons (Fsp3) is 0.176. The number of hydrogen-bond acceptors (Lipinski definition) is 4. The number of halogens is 4. The van der Waals surface area contributed by atoms with Gasteiger partial charge in [0.1, 0.15) is 11.6 Å². The van der Waals surface area contributed by atoms with Crippen LogP contribution in [0.3, 0.4) is 0 Å². The zero-order chi connectivity index (χ0) is 19.3. The van der Waals surface area contributed by atoms with Crippen LogP contribution in [-0.2, 0) is 9.53 Å². The lowest BCUT2D eigenvalue weighted by Crippen LogP contribution is -2.30. The Morgan fingerprint density at radius 1 is 1.12 bits per heavy atom. The van der Waals surface area contributed by atoms with E-state index in [2.05, 4.69) is 10.1 Å². The van der Waals surface area contributed by atoms with Gasteiger partial charge in [-0.25, -0.2) is 9.18 Å². The fourth-order valence-electron chi connectivity index (χ4n) is 1.88. The zero-order valence-electron chi connectivity index (χ0n) is 13.3. The van der Waals surface area contributed by atoms with Crippen LogP contribution in [0.15, 0.2) is 42.5 Å². The topological polar surface area (TPSA) is 64.6 Å². The highest BCUT2D eigenvalue weighted by Gasteiger charge is 2.19. The Hall–Kier alpha value is -2.74. The molecule has 0 aliphatic carbocycles. The van der Waals surface area contributed by atoms with Crippen molar-refractivity contribution in [2.45, 2.75) is 19.6 Å². The van der Waals surface area contributed by atoms with Crippen LogP contribution in [0.1, 0.15) is 17.3 Å². The Balaban J connectivity index is 1.97. The first-order valence-corrected chi connectivity index (χ1v) is 7.66. The average molecular weight is 388 g/mol. The molecule has 138 valence electrons. The van der Waals surface area contributed by atoms with Gasteiger partial charge in [-0.2, -0.15) is 8.78 Å². The summed E-state index contributed by atoms with van der Waals surface area (Å²) >= 11 is 5.79. The molecule has 0 aliphatic rings. The second-order valence-corrected chi connectivity index (χ2v) is 5.47. The van der Waals surface area contributed by atoms with Crippen molar-refractivity contribution in [3.8, 4) is 5.75 Å². The summed E-state index contributed by atoms with van der Waals surface area (Å²) in [7, 11) is 0.